The lowest BCUT2D eigenvalue weighted by molar-refractivity contribution is -0.139. The molecular weight excluding hydrogens is 817 g/mol. The van der Waals surface area contributed by atoms with Crippen molar-refractivity contribution in [3.05, 3.63) is 59.4 Å². The van der Waals surface area contributed by atoms with Crippen molar-refractivity contribution in [1.82, 2.24) is 10.2 Å². The van der Waals surface area contributed by atoms with E-state index in [0.29, 0.717) is 30.9 Å². The molecule has 2 rings (SSSR count). The maximum Gasteiger partial charge on any atom is 0.257 e. The molecule has 1 heterocycles. The van der Waals surface area contributed by atoms with E-state index in [4.69, 9.17) is 4.74 Å². The molecule has 360 valence electrons. The zero-order valence-electron chi connectivity index (χ0n) is 37.5. The van der Waals surface area contributed by atoms with Gasteiger partial charge in [0.05, 0.1) is 68.1 Å². The van der Waals surface area contributed by atoms with Crippen LogP contribution in [0, 0.1) is 5.92 Å². The number of nitrogens with zero attached hydrogens (tertiary/aromatic N) is 1. The molecule has 1 aliphatic rings. The fourth-order valence-corrected chi connectivity index (χ4v) is 8.43. The van der Waals surface area contributed by atoms with Crippen LogP contribution < -0.4 is 5.32 Å². The Morgan fingerprint density at radius 2 is 1.10 bits per heavy atom. The summed E-state index contributed by atoms with van der Waals surface area (Å²) in [5.41, 5.74) is 1.92. The minimum Gasteiger partial charge on any atom is -0.499 e. The van der Waals surface area contributed by atoms with Gasteiger partial charge < -0.3 is 61.1 Å². The first-order valence-corrected chi connectivity index (χ1v) is 22.7. The Morgan fingerprint density at radius 1 is 0.667 bits per heavy atom. The lowest BCUT2D eigenvalue weighted by Gasteiger charge is -2.24. The van der Waals surface area contributed by atoms with E-state index in [1.54, 1.807) is 6.08 Å². The third-order valence-electron chi connectivity index (χ3n) is 11.5. The third kappa shape index (κ3) is 24.0. The molecule has 16 heteroatoms. The predicted molar refractivity (Wildman–Crippen MR) is 236 cm³/mol. The van der Waals surface area contributed by atoms with Crippen molar-refractivity contribution in [1.29, 1.82) is 0 Å². The number of aliphatic hydroxyl groups excluding tert-OH is 10. The molecule has 0 spiro atoms. The molecule has 0 saturated carbocycles. The van der Waals surface area contributed by atoms with E-state index in [2.05, 4.69) is 12.2 Å². The molecule has 11 N–H and O–H groups in total. The van der Waals surface area contributed by atoms with Crippen molar-refractivity contribution in [3.63, 3.8) is 0 Å². The van der Waals surface area contributed by atoms with Crippen LogP contribution in [0.5, 0.6) is 0 Å². The quantitative estimate of drug-likeness (QED) is 0.0265. The summed E-state index contributed by atoms with van der Waals surface area (Å²) in [6, 6.07) is 9.19. The van der Waals surface area contributed by atoms with Gasteiger partial charge in [-0.25, -0.2) is 0 Å². The first-order chi connectivity index (χ1) is 29.9. The van der Waals surface area contributed by atoms with Gasteiger partial charge in [0.15, 0.2) is 0 Å². The number of imide groups is 1. The first-order valence-electron chi connectivity index (χ1n) is 22.7. The number of unbranched alkanes of at least 4 members (excludes halogenated alkanes) is 4. The highest BCUT2D eigenvalue weighted by molar-refractivity contribution is 6.08. The first kappa shape index (κ1) is 55.8. The monoisotopic (exact) mass is 895 g/mol. The standard InChI is InChI=1S/C47H78N2O14/c1-31(16-32(2)17-46(61)49-44(45(63-3)28-47(49)62)18-33-13-9-7-10-14-33)12-8-5-4-6-11-15-34(51)19-35(52)20-36(53)21-37(54)22-38(55)23-39(56)24-40(57)25-41(58)26-42(59)27-43(60)29-48-30-50/h7,9-10,13-14,17,28,30-31,34-44,51-60H,4-6,8,11-12,15-16,18-27,29H2,1-3H3,(H,48,50). The highest BCUT2D eigenvalue weighted by Gasteiger charge is 2.37. The van der Waals surface area contributed by atoms with Crippen molar-refractivity contribution in [2.45, 2.75) is 197 Å². The van der Waals surface area contributed by atoms with E-state index in [0.717, 1.165) is 56.1 Å². The molecule has 12 unspecified atom stereocenters. The molecule has 1 aliphatic heterocycles. The van der Waals surface area contributed by atoms with Crippen molar-refractivity contribution >= 4 is 18.2 Å². The second kappa shape index (κ2) is 30.8. The smallest absolute Gasteiger partial charge is 0.257 e. The fourth-order valence-electron chi connectivity index (χ4n) is 8.43. The molecule has 0 aliphatic carbocycles. The topological polar surface area (TPSA) is 278 Å². The number of carbonyl (C=O) groups is 3. The summed E-state index contributed by atoms with van der Waals surface area (Å²) in [5, 5.41) is 105. The Balaban J connectivity index is 1.57. The fraction of sp³-hybridized carbons (Fsp3) is 0.723. The third-order valence-corrected chi connectivity index (χ3v) is 11.5. The number of hydrogen-bond donors (Lipinski definition) is 11. The van der Waals surface area contributed by atoms with Gasteiger partial charge in [-0.3, -0.25) is 19.3 Å². The number of nitrogens with one attached hydrogen (secondary N) is 1. The number of carbonyl (C=O) groups excluding carboxylic acids is 3. The Hall–Kier alpha value is -3.29. The maximum atomic E-state index is 13.3. The van der Waals surface area contributed by atoms with Crippen LogP contribution >= 0.6 is 0 Å². The molecule has 0 saturated heterocycles. The van der Waals surface area contributed by atoms with E-state index < -0.39 is 67.1 Å². The predicted octanol–water partition coefficient (Wildman–Crippen LogP) is 2.07. The van der Waals surface area contributed by atoms with Crippen molar-refractivity contribution in [2.24, 2.45) is 5.92 Å². The van der Waals surface area contributed by atoms with E-state index in [1.165, 1.54) is 18.1 Å². The van der Waals surface area contributed by atoms with Crippen LogP contribution in [-0.2, 0) is 25.5 Å². The summed E-state index contributed by atoms with van der Waals surface area (Å²) in [7, 11) is 1.51. The zero-order chi connectivity index (χ0) is 46.9. The molecule has 3 amide bonds. The molecule has 1 aromatic rings. The Morgan fingerprint density at radius 3 is 1.56 bits per heavy atom. The van der Waals surface area contributed by atoms with Crippen LogP contribution in [0.4, 0.5) is 0 Å². The number of hydrogen-bond acceptors (Lipinski definition) is 14. The summed E-state index contributed by atoms with van der Waals surface area (Å²) in [6.45, 7) is 4.02. The number of benzene rings is 1. The zero-order valence-corrected chi connectivity index (χ0v) is 37.5. The van der Waals surface area contributed by atoms with E-state index in [-0.39, 0.29) is 76.1 Å². The molecule has 0 fully saturated rings. The van der Waals surface area contributed by atoms with Gasteiger partial charge in [0.2, 0.25) is 6.41 Å². The van der Waals surface area contributed by atoms with Gasteiger partial charge in [0.25, 0.3) is 11.8 Å². The lowest BCUT2D eigenvalue weighted by Crippen LogP contribution is -2.41. The Labute approximate surface area is 373 Å². The highest BCUT2D eigenvalue weighted by Crippen LogP contribution is 2.26. The van der Waals surface area contributed by atoms with Gasteiger partial charge in [0.1, 0.15) is 11.8 Å². The molecule has 0 radical (unpaired) electrons. The summed E-state index contributed by atoms with van der Waals surface area (Å²) in [4.78, 5) is 37.6. The highest BCUT2D eigenvalue weighted by atomic mass is 16.5. The summed E-state index contributed by atoms with van der Waals surface area (Å²) in [5.74, 6) is 0.114. The minimum absolute atomic E-state index is 0.0503. The molecule has 1 aromatic carbocycles. The van der Waals surface area contributed by atoms with Crippen LogP contribution in [0.25, 0.3) is 0 Å². The minimum atomic E-state index is -1.16. The van der Waals surface area contributed by atoms with E-state index in [9.17, 15) is 65.4 Å². The molecule has 12 atom stereocenters. The van der Waals surface area contributed by atoms with Crippen LogP contribution in [-0.4, -0.2) is 155 Å². The van der Waals surface area contributed by atoms with Crippen LogP contribution in [0.3, 0.4) is 0 Å². The van der Waals surface area contributed by atoms with Crippen LogP contribution in [0.1, 0.15) is 129 Å². The molecular formula is C47H78N2O14. The van der Waals surface area contributed by atoms with Crippen LogP contribution in [0.15, 0.2) is 53.8 Å². The number of methoxy groups -OCH3 is 1. The Bertz CT molecular complexity index is 1500. The van der Waals surface area contributed by atoms with Gasteiger partial charge >= 0.3 is 0 Å². The average Bonchev–Trinajstić information content (AvgIpc) is 3.50. The number of aliphatic hydroxyl groups is 10. The summed E-state index contributed by atoms with van der Waals surface area (Å²) < 4.78 is 5.45. The van der Waals surface area contributed by atoms with Crippen molar-refractivity contribution < 1.29 is 70.2 Å². The Kier molecular flexibility index (Phi) is 27.3. The molecule has 0 aromatic heterocycles. The summed E-state index contributed by atoms with van der Waals surface area (Å²) >= 11 is 0. The molecule has 16 nitrogen and oxygen atoms in total. The van der Waals surface area contributed by atoms with Gasteiger partial charge in [-0.15, -0.1) is 0 Å². The number of amides is 3. The van der Waals surface area contributed by atoms with Gasteiger partial charge in [-0.05, 0) is 82.6 Å². The second-order valence-corrected chi connectivity index (χ2v) is 17.8. The van der Waals surface area contributed by atoms with Gasteiger partial charge in [-0.2, -0.15) is 0 Å². The maximum absolute atomic E-state index is 13.3. The largest absolute Gasteiger partial charge is 0.499 e. The molecule has 0 bridgehead atoms. The molecule has 63 heavy (non-hydrogen) atoms. The number of ether oxygens (including phenoxy) is 1. The van der Waals surface area contributed by atoms with E-state index in [1.807, 2.05) is 37.3 Å². The van der Waals surface area contributed by atoms with Gasteiger partial charge in [0, 0.05) is 31.5 Å². The van der Waals surface area contributed by atoms with Crippen molar-refractivity contribution in [3.8, 4) is 0 Å². The van der Waals surface area contributed by atoms with E-state index >= 15 is 0 Å². The SMILES string of the molecule is COC1=CC(=O)N(C(=O)C=C(C)CC(C)CCCCCCCC(O)CC(O)CC(O)CC(O)CC(O)CC(O)CC(O)CC(O)CC(O)CC(O)CNC=O)C1Cc1ccccc1. The van der Waals surface area contributed by atoms with Crippen molar-refractivity contribution in [2.75, 3.05) is 13.7 Å². The lowest BCUT2D eigenvalue weighted by atomic mass is 9.94. The second-order valence-electron chi connectivity index (χ2n) is 17.8. The number of rotatable bonds is 35. The average molecular weight is 895 g/mol. The van der Waals surface area contributed by atoms with Crippen LogP contribution in [0.2, 0.25) is 0 Å². The van der Waals surface area contributed by atoms with Gasteiger partial charge in [-0.1, -0.05) is 81.4 Å². The number of allylic oxidation sites excluding steroid dienone is 1. The summed E-state index contributed by atoms with van der Waals surface area (Å²) in [6.07, 6.45) is -0.814. The normalized spacial score (nSPS) is 19.9.